The number of hydrogen-bond acceptors (Lipinski definition) is 2. The van der Waals surface area contributed by atoms with Gasteiger partial charge in [-0.05, 0) is 17.7 Å². The third-order valence-electron chi connectivity index (χ3n) is 1.75. The largest absolute Gasteiger partial charge is 0.490 e. The minimum absolute atomic E-state index is 0.486. The van der Waals surface area contributed by atoms with Crippen molar-refractivity contribution in [2.45, 2.75) is 48.1 Å². The van der Waals surface area contributed by atoms with E-state index >= 15 is 0 Å². The van der Waals surface area contributed by atoms with E-state index in [2.05, 4.69) is 13.2 Å². The molecule has 0 saturated carbocycles. The van der Waals surface area contributed by atoms with Gasteiger partial charge in [0.05, 0.1) is 0 Å². The fraction of sp³-hybridized carbons (Fsp3) is 0.368. The van der Waals surface area contributed by atoms with Crippen LogP contribution in [0.5, 0.6) is 0 Å². The SMILES string of the molecule is C=C(N)/C=C\C(=C)OCc1ccccc1.CC.CC.CC. The Bertz CT molecular complexity index is 366. The number of benzene rings is 1. The Morgan fingerprint density at radius 1 is 0.952 bits per heavy atom. The summed E-state index contributed by atoms with van der Waals surface area (Å²) in [5, 5.41) is 0. The summed E-state index contributed by atoms with van der Waals surface area (Å²) in [6.07, 6.45) is 3.36. The van der Waals surface area contributed by atoms with E-state index in [1.807, 2.05) is 71.9 Å². The first-order valence-electron chi connectivity index (χ1n) is 7.66. The van der Waals surface area contributed by atoms with Crippen LogP contribution in [0.15, 0.2) is 67.1 Å². The molecule has 2 N–H and O–H groups in total. The van der Waals surface area contributed by atoms with E-state index in [1.54, 1.807) is 12.2 Å². The van der Waals surface area contributed by atoms with Gasteiger partial charge in [0.1, 0.15) is 12.4 Å². The molecule has 0 aromatic heterocycles. The molecule has 0 bridgehead atoms. The Morgan fingerprint density at radius 3 is 1.86 bits per heavy atom. The van der Waals surface area contributed by atoms with Gasteiger partial charge in [-0.1, -0.05) is 85.0 Å². The van der Waals surface area contributed by atoms with Gasteiger partial charge in [-0.3, -0.25) is 0 Å². The third-order valence-corrected chi connectivity index (χ3v) is 1.75. The molecule has 0 atom stereocenters. The summed E-state index contributed by atoms with van der Waals surface area (Å²) in [6.45, 7) is 19.8. The van der Waals surface area contributed by atoms with Crippen LogP contribution in [0.1, 0.15) is 47.1 Å². The molecule has 21 heavy (non-hydrogen) atoms. The van der Waals surface area contributed by atoms with Crippen molar-refractivity contribution >= 4 is 0 Å². The molecule has 0 aliphatic heterocycles. The summed E-state index contributed by atoms with van der Waals surface area (Å²) in [5.74, 6) is 0.574. The lowest BCUT2D eigenvalue weighted by molar-refractivity contribution is 0.212. The maximum atomic E-state index is 5.40. The van der Waals surface area contributed by atoms with Gasteiger partial charge in [-0.2, -0.15) is 0 Å². The smallest absolute Gasteiger partial charge is 0.113 e. The van der Waals surface area contributed by atoms with Crippen LogP contribution in [0.4, 0.5) is 0 Å². The quantitative estimate of drug-likeness (QED) is 0.547. The highest BCUT2D eigenvalue weighted by Gasteiger charge is 1.92. The van der Waals surface area contributed by atoms with Crippen molar-refractivity contribution in [3.63, 3.8) is 0 Å². The summed E-state index contributed by atoms with van der Waals surface area (Å²) in [5.41, 5.74) is 6.97. The number of hydrogen-bond donors (Lipinski definition) is 1. The zero-order chi connectivity index (χ0) is 17.1. The average Bonchev–Trinajstić information content (AvgIpc) is 2.57. The normalized spacial score (nSPS) is 8.10. The number of ether oxygens (including phenoxy) is 1. The Labute approximate surface area is 132 Å². The lowest BCUT2D eigenvalue weighted by Crippen LogP contribution is -1.92. The van der Waals surface area contributed by atoms with Crippen LogP contribution in [0.2, 0.25) is 0 Å². The fourth-order valence-corrected chi connectivity index (χ4v) is 0.998. The molecule has 0 fully saturated rings. The summed E-state index contributed by atoms with van der Waals surface area (Å²) >= 11 is 0. The second-order valence-corrected chi connectivity index (χ2v) is 3.15. The van der Waals surface area contributed by atoms with E-state index in [-0.39, 0.29) is 0 Å². The van der Waals surface area contributed by atoms with E-state index < -0.39 is 0 Å². The van der Waals surface area contributed by atoms with Gasteiger partial charge in [0, 0.05) is 5.70 Å². The van der Waals surface area contributed by atoms with Crippen LogP contribution < -0.4 is 5.73 Å². The maximum absolute atomic E-state index is 5.40. The van der Waals surface area contributed by atoms with Crippen molar-refractivity contribution in [2.24, 2.45) is 5.73 Å². The van der Waals surface area contributed by atoms with Crippen molar-refractivity contribution in [1.29, 1.82) is 0 Å². The standard InChI is InChI=1S/C13H15NO.3C2H6/c1-11(14)8-9-12(2)15-10-13-6-4-3-5-7-13;3*1-2/h3-9H,1-2,10,14H2;3*1-2H3/b9-8-;;;. The zero-order valence-electron chi connectivity index (χ0n) is 14.6. The highest BCUT2D eigenvalue weighted by atomic mass is 16.5. The van der Waals surface area contributed by atoms with E-state index in [0.717, 1.165) is 5.56 Å². The Kier molecular flexibility index (Phi) is 23.3. The predicted octanol–water partition coefficient (Wildman–Crippen LogP) is 5.82. The van der Waals surface area contributed by atoms with Crippen LogP contribution in [0.3, 0.4) is 0 Å². The van der Waals surface area contributed by atoms with Crippen molar-refractivity contribution in [3.8, 4) is 0 Å². The third kappa shape index (κ3) is 18.0. The van der Waals surface area contributed by atoms with Crippen molar-refractivity contribution < 1.29 is 4.74 Å². The number of nitrogens with two attached hydrogens (primary N) is 1. The topological polar surface area (TPSA) is 35.2 Å². The van der Waals surface area contributed by atoms with Gasteiger partial charge in [0.15, 0.2) is 0 Å². The fourth-order valence-electron chi connectivity index (χ4n) is 0.998. The molecule has 2 heteroatoms. The summed E-state index contributed by atoms with van der Waals surface area (Å²) in [6, 6.07) is 9.91. The first-order chi connectivity index (χ1) is 10.2. The van der Waals surface area contributed by atoms with E-state index in [9.17, 15) is 0 Å². The minimum Gasteiger partial charge on any atom is -0.490 e. The van der Waals surface area contributed by atoms with E-state index in [1.165, 1.54) is 0 Å². The Morgan fingerprint density at radius 2 is 1.43 bits per heavy atom. The molecular formula is C19H33NO. The number of rotatable bonds is 5. The first kappa shape index (κ1) is 24.1. The van der Waals surface area contributed by atoms with Gasteiger partial charge in [-0.15, -0.1) is 0 Å². The molecule has 1 aromatic rings. The van der Waals surface area contributed by atoms with Gasteiger partial charge >= 0.3 is 0 Å². The monoisotopic (exact) mass is 291 g/mol. The van der Waals surface area contributed by atoms with Gasteiger partial charge < -0.3 is 10.5 Å². The van der Waals surface area contributed by atoms with Crippen LogP contribution in [0, 0.1) is 0 Å². The molecule has 0 amide bonds. The highest BCUT2D eigenvalue weighted by molar-refractivity contribution is 5.19. The molecule has 0 heterocycles. The molecule has 0 spiro atoms. The Hall–Kier alpha value is -1.96. The molecular weight excluding hydrogens is 258 g/mol. The molecule has 0 saturated heterocycles. The van der Waals surface area contributed by atoms with Crippen molar-refractivity contribution in [3.05, 3.63) is 72.7 Å². The summed E-state index contributed by atoms with van der Waals surface area (Å²) in [7, 11) is 0. The lowest BCUT2D eigenvalue weighted by atomic mass is 10.2. The maximum Gasteiger partial charge on any atom is 0.113 e. The van der Waals surface area contributed by atoms with E-state index in [0.29, 0.717) is 18.1 Å². The van der Waals surface area contributed by atoms with Crippen LogP contribution in [0.25, 0.3) is 0 Å². The molecule has 0 unspecified atom stereocenters. The second-order valence-electron chi connectivity index (χ2n) is 3.15. The molecule has 0 aliphatic carbocycles. The van der Waals surface area contributed by atoms with Crippen molar-refractivity contribution in [2.75, 3.05) is 0 Å². The van der Waals surface area contributed by atoms with E-state index in [4.69, 9.17) is 10.5 Å². The van der Waals surface area contributed by atoms with Gasteiger partial charge in [0.25, 0.3) is 0 Å². The number of allylic oxidation sites excluding steroid dienone is 2. The highest BCUT2D eigenvalue weighted by Crippen LogP contribution is 2.05. The van der Waals surface area contributed by atoms with Crippen LogP contribution in [-0.4, -0.2) is 0 Å². The molecule has 1 aromatic carbocycles. The Balaban J connectivity index is -0.000000478. The second kappa shape index (κ2) is 20.4. The zero-order valence-corrected chi connectivity index (χ0v) is 14.6. The summed E-state index contributed by atoms with van der Waals surface area (Å²) < 4.78 is 5.40. The predicted molar refractivity (Wildman–Crippen MR) is 96.9 cm³/mol. The molecule has 0 aliphatic rings. The average molecular weight is 291 g/mol. The van der Waals surface area contributed by atoms with Crippen LogP contribution in [-0.2, 0) is 11.3 Å². The molecule has 0 radical (unpaired) electrons. The van der Waals surface area contributed by atoms with Crippen LogP contribution >= 0.6 is 0 Å². The molecule has 120 valence electrons. The van der Waals surface area contributed by atoms with Crippen molar-refractivity contribution in [1.82, 2.24) is 0 Å². The molecule has 2 nitrogen and oxygen atoms in total. The van der Waals surface area contributed by atoms with Gasteiger partial charge in [-0.25, -0.2) is 0 Å². The summed E-state index contributed by atoms with van der Waals surface area (Å²) in [4.78, 5) is 0. The minimum atomic E-state index is 0.486. The first-order valence-corrected chi connectivity index (χ1v) is 7.66. The molecule has 1 rings (SSSR count). The lowest BCUT2D eigenvalue weighted by Gasteiger charge is -2.05. The van der Waals surface area contributed by atoms with Gasteiger partial charge in [0.2, 0.25) is 0 Å².